The highest BCUT2D eigenvalue weighted by atomic mass is 32.1. The Morgan fingerprint density at radius 3 is 2.86 bits per heavy atom. The van der Waals surface area contributed by atoms with Crippen molar-refractivity contribution >= 4 is 12.6 Å². The number of aliphatic hydroxyl groups is 1. The molecule has 0 saturated carbocycles. The number of hydrogen-bond acceptors (Lipinski definition) is 4. The molecule has 0 spiro atoms. The Kier molecular flexibility index (Phi) is 5.95. The van der Waals surface area contributed by atoms with Gasteiger partial charge in [0.15, 0.2) is 4.90 Å². The van der Waals surface area contributed by atoms with Crippen molar-refractivity contribution in [2.45, 2.75) is 29.9 Å². The lowest BCUT2D eigenvalue weighted by Crippen LogP contribution is -2.36. The molecule has 0 bridgehead atoms. The summed E-state index contributed by atoms with van der Waals surface area (Å²) in [4.78, 5) is 5.12. The minimum absolute atomic E-state index is 0.116. The van der Waals surface area contributed by atoms with Gasteiger partial charge in [-0.15, -0.1) is 0 Å². The first kappa shape index (κ1) is 19.0. The number of fused-ring (bicyclic) bond motifs is 1. The first-order chi connectivity index (χ1) is 13.7. The summed E-state index contributed by atoms with van der Waals surface area (Å²) in [6, 6.07) is 18.5. The number of aliphatic hydroxyl groups excluding tert-OH is 1. The lowest BCUT2D eigenvalue weighted by molar-refractivity contribution is 0.146. The fourth-order valence-electron chi connectivity index (χ4n) is 3.54. The molecule has 2 atom stereocenters. The average Bonchev–Trinajstić information content (AvgIpc) is 2.74. The fraction of sp³-hybridized carbons (Fsp3) is 0.261. The van der Waals surface area contributed by atoms with Crippen molar-refractivity contribution < 1.29 is 9.84 Å². The lowest BCUT2D eigenvalue weighted by Gasteiger charge is -2.27. The molecule has 0 amide bonds. The lowest BCUT2D eigenvalue weighted by atomic mass is 9.97. The molecule has 4 nitrogen and oxygen atoms in total. The molecule has 2 N–H and O–H groups in total. The van der Waals surface area contributed by atoms with Crippen LogP contribution in [-0.4, -0.2) is 29.3 Å². The van der Waals surface area contributed by atoms with E-state index >= 15 is 0 Å². The molecule has 2 unspecified atom stereocenters. The van der Waals surface area contributed by atoms with Crippen molar-refractivity contribution in [3.05, 3.63) is 78.1 Å². The van der Waals surface area contributed by atoms with Gasteiger partial charge in [-0.25, -0.2) is 0 Å². The van der Waals surface area contributed by atoms with E-state index in [1.807, 2.05) is 18.2 Å². The Hall–Kier alpha value is -2.34. The van der Waals surface area contributed by atoms with Gasteiger partial charge in [0.05, 0.1) is 6.10 Å². The third-order valence-corrected chi connectivity index (χ3v) is 5.38. The zero-order valence-corrected chi connectivity index (χ0v) is 16.6. The Balaban J connectivity index is 1.34. The molecule has 3 aromatic rings. The van der Waals surface area contributed by atoms with Gasteiger partial charge in [-0.1, -0.05) is 24.3 Å². The number of aromatic nitrogens is 1. The average molecular weight is 394 g/mol. The maximum Gasteiger partial charge on any atom is 0.150 e. The minimum Gasteiger partial charge on any atom is -0.489 e. The van der Waals surface area contributed by atoms with Gasteiger partial charge in [0.2, 0.25) is 0 Å². The van der Waals surface area contributed by atoms with Crippen LogP contribution in [0.3, 0.4) is 0 Å². The molecule has 28 heavy (non-hydrogen) atoms. The Bertz CT molecular complexity index is 933. The first-order valence-electron chi connectivity index (χ1n) is 9.59. The van der Waals surface area contributed by atoms with E-state index in [1.165, 1.54) is 16.7 Å². The molecule has 144 valence electrons. The van der Waals surface area contributed by atoms with Crippen LogP contribution in [0.1, 0.15) is 23.7 Å². The maximum absolute atomic E-state index is 10.2. The van der Waals surface area contributed by atoms with Crippen molar-refractivity contribution in [2.24, 2.45) is 0 Å². The van der Waals surface area contributed by atoms with Crippen molar-refractivity contribution in [3.63, 3.8) is 0 Å². The van der Waals surface area contributed by atoms with E-state index in [1.54, 1.807) is 12.4 Å². The van der Waals surface area contributed by atoms with E-state index in [0.717, 1.165) is 29.1 Å². The highest BCUT2D eigenvalue weighted by Gasteiger charge is 2.20. The normalized spacial score (nSPS) is 16.9. The highest BCUT2D eigenvalue weighted by Crippen LogP contribution is 2.32. The van der Waals surface area contributed by atoms with E-state index in [9.17, 15) is 5.11 Å². The first-order valence-corrected chi connectivity index (χ1v) is 10.1. The smallest absolute Gasteiger partial charge is 0.150 e. The molecule has 0 radical (unpaired) electrons. The summed E-state index contributed by atoms with van der Waals surface area (Å²) in [7, 11) is 0. The summed E-state index contributed by atoms with van der Waals surface area (Å²) >= 11 is 3.59. The molecule has 2 aromatic carbocycles. The highest BCUT2D eigenvalue weighted by molar-refractivity contribution is 7.58. The summed E-state index contributed by atoms with van der Waals surface area (Å²) in [5.74, 6) is 0.962. The number of aryl methyl sites for hydroxylation is 1. The van der Waals surface area contributed by atoms with E-state index in [0.29, 0.717) is 13.1 Å². The Labute approximate surface area is 171 Å². The second-order valence-corrected chi connectivity index (χ2v) is 7.72. The van der Waals surface area contributed by atoms with Crippen LogP contribution in [-0.2, 0) is 19.0 Å². The number of rotatable bonds is 6. The van der Waals surface area contributed by atoms with Crippen LogP contribution in [0.15, 0.2) is 71.9 Å². The predicted octanol–water partition coefficient (Wildman–Crippen LogP) is 3.14. The molecular weight excluding hydrogens is 368 g/mol. The number of nitrogens with one attached hydrogen (secondary N) is 1. The maximum atomic E-state index is 10.2. The van der Waals surface area contributed by atoms with Crippen molar-refractivity contribution in [1.82, 2.24) is 10.3 Å². The summed E-state index contributed by atoms with van der Waals surface area (Å²) in [6.45, 7) is 1.20. The van der Waals surface area contributed by atoms with Crippen molar-refractivity contribution in [1.29, 1.82) is 0 Å². The van der Waals surface area contributed by atoms with E-state index in [2.05, 4.69) is 59.3 Å². The summed E-state index contributed by atoms with van der Waals surface area (Å²) in [6.07, 6.45) is 4.92. The van der Waals surface area contributed by atoms with Gasteiger partial charge < -0.3 is 15.2 Å². The van der Waals surface area contributed by atoms with Crippen LogP contribution in [0.25, 0.3) is 11.1 Å². The van der Waals surface area contributed by atoms with Crippen molar-refractivity contribution in [2.75, 3.05) is 13.1 Å². The summed E-state index contributed by atoms with van der Waals surface area (Å²) < 4.78 is 6.17. The monoisotopic (exact) mass is 393 g/mol. The van der Waals surface area contributed by atoms with E-state index in [-0.39, 0.29) is 6.10 Å². The molecule has 2 heterocycles. The molecule has 0 saturated heterocycles. The van der Waals surface area contributed by atoms with Gasteiger partial charge in [0, 0.05) is 37.1 Å². The number of benzene rings is 2. The van der Waals surface area contributed by atoms with Gasteiger partial charge in [-0.2, -0.15) is 0 Å². The van der Waals surface area contributed by atoms with Gasteiger partial charge >= 0.3 is 0 Å². The molecule has 0 fully saturated rings. The molecule has 1 aliphatic heterocycles. The van der Waals surface area contributed by atoms with Crippen LogP contribution in [0, 0.1) is 0 Å². The topological polar surface area (TPSA) is 54.4 Å². The largest absolute Gasteiger partial charge is 0.489 e. The predicted molar refractivity (Wildman–Crippen MR) is 115 cm³/mol. The fourth-order valence-corrected chi connectivity index (χ4v) is 3.79. The third kappa shape index (κ3) is 4.55. The van der Waals surface area contributed by atoms with E-state index < -0.39 is 6.10 Å². The SMILES string of the molecule is OC(CNCC1CCc2cc(-c3cccc([SH2+])c3)ccc2O1)c1cccnc1. The second kappa shape index (κ2) is 8.78. The Morgan fingerprint density at radius 1 is 1.14 bits per heavy atom. The van der Waals surface area contributed by atoms with Crippen LogP contribution < -0.4 is 10.1 Å². The molecular formula is C23H25N2O2S+. The quantitative estimate of drug-likeness (QED) is 0.632. The minimum atomic E-state index is -0.558. The standard InChI is InChI=1S/C23H24N2O2S/c26-22(19-4-2-10-24-13-19)15-25-14-20-8-6-18-11-17(7-9-23(18)27-20)16-3-1-5-21(28)12-16/h1-5,7,9-13,20,22,25-26,28H,6,8,14-15H2/p+1. The van der Waals surface area contributed by atoms with Gasteiger partial charge in [0.25, 0.3) is 0 Å². The van der Waals surface area contributed by atoms with Gasteiger partial charge in [-0.05, 0) is 66.4 Å². The molecule has 1 aromatic heterocycles. The van der Waals surface area contributed by atoms with Gasteiger partial charge in [-0.3, -0.25) is 4.98 Å². The van der Waals surface area contributed by atoms with Crippen LogP contribution in [0.2, 0.25) is 0 Å². The zero-order valence-electron chi connectivity index (χ0n) is 15.6. The molecule has 5 heteroatoms. The number of nitrogens with zero attached hydrogens (tertiary/aromatic N) is 1. The van der Waals surface area contributed by atoms with Gasteiger partial charge in [0.1, 0.15) is 11.9 Å². The summed E-state index contributed by atoms with van der Waals surface area (Å²) in [5, 5.41) is 13.5. The summed E-state index contributed by atoms with van der Waals surface area (Å²) in [5.41, 5.74) is 4.48. The van der Waals surface area contributed by atoms with Crippen molar-refractivity contribution in [3.8, 4) is 16.9 Å². The number of hydrogen-bond donors (Lipinski definition) is 2. The van der Waals surface area contributed by atoms with Crippen LogP contribution in [0.5, 0.6) is 5.75 Å². The van der Waals surface area contributed by atoms with Crippen LogP contribution in [0.4, 0.5) is 0 Å². The third-order valence-electron chi connectivity index (χ3n) is 5.06. The van der Waals surface area contributed by atoms with E-state index in [4.69, 9.17) is 4.74 Å². The number of ether oxygens (including phenoxy) is 1. The molecule has 1 aliphatic rings. The Morgan fingerprint density at radius 2 is 2.04 bits per heavy atom. The molecule has 0 aliphatic carbocycles. The van der Waals surface area contributed by atoms with Crippen LogP contribution >= 0.6 is 0 Å². The second-order valence-electron chi connectivity index (χ2n) is 7.14. The molecule has 4 rings (SSSR count). The number of pyridine rings is 1. The zero-order chi connectivity index (χ0) is 19.3.